The molecule has 0 aromatic carbocycles. The molecule has 0 aromatic rings. The molecule has 0 aliphatic carbocycles. The van der Waals surface area contributed by atoms with E-state index >= 15 is 0 Å². The van der Waals surface area contributed by atoms with Crippen molar-refractivity contribution in [3.05, 3.63) is 0 Å². The van der Waals surface area contributed by atoms with Crippen molar-refractivity contribution in [2.45, 2.75) is 19.1 Å². The van der Waals surface area contributed by atoms with Crippen LogP contribution in [0.4, 0.5) is 0 Å². The molecule has 3 atom stereocenters. The zero-order valence-corrected chi connectivity index (χ0v) is 5.70. The summed E-state index contributed by atoms with van der Waals surface area (Å²) in [7, 11) is 0. The first-order valence-corrected chi connectivity index (χ1v) is 3.09. The number of rotatable bonds is 0. The third kappa shape index (κ3) is 0.869. The molecule has 1 saturated heterocycles. The Morgan fingerprint density at radius 2 is 2.40 bits per heavy atom. The van der Waals surface area contributed by atoms with Crippen LogP contribution in [0.5, 0.6) is 0 Å². The highest BCUT2D eigenvalue weighted by Gasteiger charge is 2.37. The van der Waals surface area contributed by atoms with Crippen molar-refractivity contribution in [2.24, 2.45) is 11.7 Å². The average Bonchev–Trinajstić information content (AvgIpc) is 2.17. The Balaban J connectivity index is 2.73. The second-order valence-corrected chi connectivity index (χ2v) is 2.41. The van der Waals surface area contributed by atoms with Crippen LogP contribution in [-0.4, -0.2) is 18.1 Å². The topological polar surface area (TPSA) is 52.3 Å². The number of ether oxygens (including phenoxy) is 1. The molecule has 0 amide bonds. The Kier molecular flexibility index (Phi) is 1.64. The van der Waals surface area contributed by atoms with Crippen molar-refractivity contribution in [2.75, 3.05) is 0 Å². The predicted octanol–water partition coefficient (Wildman–Crippen LogP) is -0.492. The molecule has 1 aliphatic rings. The minimum Gasteiger partial charge on any atom is -0.448 e. The maximum atomic E-state index is 10.7. The molecular formula is C7H9NO2. The van der Waals surface area contributed by atoms with Crippen LogP contribution in [-0.2, 0) is 9.53 Å². The van der Waals surface area contributed by atoms with Crippen molar-refractivity contribution in [3.8, 4) is 12.3 Å². The van der Waals surface area contributed by atoms with Crippen molar-refractivity contribution in [1.29, 1.82) is 0 Å². The van der Waals surface area contributed by atoms with Crippen LogP contribution in [0.3, 0.4) is 0 Å². The van der Waals surface area contributed by atoms with Gasteiger partial charge in [-0.05, 0) is 0 Å². The molecular weight excluding hydrogens is 130 g/mol. The summed E-state index contributed by atoms with van der Waals surface area (Å²) >= 11 is 0. The minimum atomic E-state index is -0.541. The van der Waals surface area contributed by atoms with Gasteiger partial charge in [0.05, 0.1) is 0 Å². The zero-order valence-electron chi connectivity index (χ0n) is 5.70. The van der Waals surface area contributed by atoms with E-state index in [-0.39, 0.29) is 5.92 Å². The second kappa shape index (κ2) is 2.31. The highest BCUT2D eigenvalue weighted by atomic mass is 16.6. The van der Waals surface area contributed by atoms with E-state index < -0.39 is 18.1 Å². The predicted molar refractivity (Wildman–Crippen MR) is 35.9 cm³/mol. The summed E-state index contributed by atoms with van der Waals surface area (Å²) in [4.78, 5) is 10.7. The van der Waals surface area contributed by atoms with E-state index in [2.05, 4.69) is 5.92 Å². The minimum absolute atomic E-state index is 0.0579. The number of hydrogen-bond acceptors (Lipinski definition) is 3. The first-order valence-electron chi connectivity index (χ1n) is 3.09. The Hall–Kier alpha value is -1.01. The van der Waals surface area contributed by atoms with Gasteiger partial charge in [0.2, 0.25) is 0 Å². The van der Waals surface area contributed by atoms with Crippen molar-refractivity contribution in [1.82, 2.24) is 0 Å². The molecule has 0 radical (unpaired) electrons. The molecule has 1 aliphatic heterocycles. The van der Waals surface area contributed by atoms with Crippen molar-refractivity contribution < 1.29 is 9.53 Å². The van der Waals surface area contributed by atoms with E-state index in [1.165, 1.54) is 0 Å². The van der Waals surface area contributed by atoms with E-state index in [1.807, 2.05) is 0 Å². The lowest BCUT2D eigenvalue weighted by Gasteiger charge is -2.05. The van der Waals surface area contributed by atoms with Crippen molar-refractivity contribution >= 4 is 5.97 Å². The first-order chi connectivity index (χ1) is 4.66. The van der Waals surface area contributed by atoms with Gasteiger partial charge in [-0.3, -0.25) is 4.79 Å². The summed E-state index contributed by atoms with van der Waals surface area (Å²) in [5, 5.41) is 0. The molecule has 10 heavy (non-hydrogen) atoms. The molecule has 1 fully saturated rings. The van der Waals surface area contributed by atoms with Crippen LogP contribution in [0.25, 0.3) is 0 Å². The smallest absolute Gasteiger partial charge is 0.324 e. The van der Waals surface area contributed by atoms with E-state index in [0.717, 1.165) is 0 Å². The molecule has 1 heterocycles. The monoisotopic (exact) mass is 139 g/mol. The van der Waals surface area contributed by atoms with E-state index in [1.54, 1.807) is 6.92 Å². The highest BCUT2D eigenvalue weighted by molar-refractivity contribution is 5.78. The van der Waals surface area contributed by atoms with Gasteiger partial charge in [-0.2, -0.15) is 0 Å². The summed E-state index contributed by atoms with van der Waals surface area (Å²) in [6.45, 7) is 1.81. The van der Waals surface area contributed by atoms with Gasteiger partial charge in [0.1, 0.15) is 6.04 Å². The summed E-state index contributed by atoms with van der Waals surface area (Å²) < 4.78 is 4.73. The van der Waals surface area contributed by atoms with Gasteiger partial charge in [0, 0.05) is 5.92 Å². The highest BCUT2D eigenvalue weighted by Crippen LogP contribution is 2.19. The normalized spacial score (nSPS) is 38.9. The number of carbonyl (C=O) groups is 1. The van der Waals surface area contributed by atoms with Crippen LogP contribution in [0, 0.1) is 18.3 Å². The Morgan fingerprint density at radius 1 is 1.80 bits per heavy atom. The fourth-order valence-corrected chi connectivity index (χ4v) is 0.900. The van der Waals surface area contributed by atoms with E-state index in [0.29, 0.717) is 0 Å². The van der Waals surface area contributed by atoms with Gasteiger partial charge in [0.25, 0.3) is 0 Å². The average molecular weight is 139 g/mol. The van der Waals surface area contributed by atoms with Crippen LogP contribution in [0.1, 0.15) is 6.92 Å². The summed E-state index contributed by atoms with van der Waals surface area (Å²) in [6.07, 6.45) is 4.64. The Labute approximate surface area is 59.5 Å². The molecule has 0 saturated carbocycles. The second-order valence-electron chi connectivity index (χ2n) is 2.41. The van der Waals surface area contributed by atoms with Gasteiger partial charge in [-0.25, -0.2) is 0 Å². The third-order valence-electron chi connectivity index (χ3n) is 1.72. The molecule has 0 bridgehead atoms. The lowest BCUT2D eigenvalue weighted by atomic mass is 10.0. The lowest BCUT2D eigenvalue weighted by molar-refractivity contribution is -0.140. The molecule has 2 N–H and O–H groups in total. The number of esters is 1. The van der Waals surface area contributed by atoms with E-state index in [9.17, 15) is 4.79 Å². The van der Waals surface area contributed by atoms with Crippen LogP contribution in [0.15, 0.2) is 0 Å². The maximum absolute atomic E-state index is 10.7. The summed E-state index contributed by atoms with van der Waals surface area (Å²) in [5.74, 6) is 1.90. The van der Waals surface area contributed by atoms with Crippen LogP contribution in [0.2, 0.25) is 0 Å². The molecule has 1 unspecified atom stereocenters. The summed E-state index contributed by atoms with van der Waals surface area (Å²) in [5.41, 5.74) is 5.42. The summed E-state index contributed by atoms with van der Waals surface area (Å²) in [6, 6.07) is -0.541. The largest absolute Gasteiger partial charge is 0.448 e. The van der Waals surface area contributed by atoms with Gasteiger partial charge in [-0.1, -0.05) is 12.8 Å². The van der Waals surface area contributed by atoms with Gasteiger partial charge >= 0.3 is 5.97 Å². The van der Waals surface area contributed by atoms with Crippen LogP contribution < -0.4 is 5.73 Å². The van der Waals surface area contributed by atoms with Gasteiger partial charge in [0.15, 0.2) is 6.10 Å². The molecule has 1 rings (SSSR count). The quantitative estimate of drug-likeness (QED) is 0.364. The molecule has 3 heteroatoms. The maximum Gasteiger partial charge on any atom is 0.324 e. The SMILES string of the molecule is C#C[C@H]1OC(=O)C(N)[C@@H]1C. The first kappa shape index (κ1) is 7.10. The van der Waals surface area contributed by atoms with E-state index in [4.69, 9.17) is 16.9 Å². The Morgan fingerprint density at radius 3 is 2.60 bits per heavy atom. The standard InChI is InChI=1S/C7H9NO2/c1-3-5-4(2)6(8)7(9)10-5/h1,4-6H,8H2,2H3/t4-,5-,6?/m1/s1. The fraction of sp³-hybridized carbons (Fsp3) is 0.571. The molecule has 0 aromatic heterocycles. The van der Waals surface area contributed by atoms with Crippen LogP contribution >= 0.6 is 0 Å². The molecule has 3 nitrogen and oxygen atoms in total. The zero-order chi connectivity index (χ0) is 7.72. The number of carbonyl (C=O) groups excluding carboxylic acids is 1. The number of nitrogens with two attached hydrogens (primary N) is 1. The molecule has 0 spiro atoms. The lowest BCUT2D eigenvalue weighted by Crippen LogP contribution is -2.31. The third-order valence-corrected chi connectivity index (χ3v) is 1.72. The van der Waals surface area contributed by atoms with Gasteiger partial charge in [-0.15, -0.1) is 6.42 Å². The number of terminal acetylenes is 1. The van der Waals surface area contributed by atoms with Gasteiger partial charge < -0.3 is 10.5 Å². The molecule has 54 valence electrons. The Bertz CT molecular complexity index is 194. The van der Waals surface area contributed by atoms with Crippen molar-refractivity contribution in [3.63, 3.8) is 0 Å². The number of hydrogen-bond donors (Lipinski definition) is 1. The number of cyclic esters (lactones) is 1. The fourth-order valence-electron chi connectivity index (χ4n) is 0.900.